The Kier molecular flexibility index (Phi) is 7.82. The van der Waals surface area contributed by atoms with Gasteiger partial charge in [0.25, 0.3) is 5.56 Å². The van der Waals surface area contributed by atoms with Gasteiger partial charge in [0, 0.05) is 29.9 Å². The largest absolute Gasteiger partial charge is 0.343 e. The van der Waals surface area contributed by atoms with Crippen LogP contribution >= 0.6 is 12.2 Å². The molecule has 2 aromatic carbocycles. The SMILES string of the molecule is CCc1ccc2[nH]c(=O)c(CN(CCN(C)C)C(=S)Nc3ccccc3CC)cc2c1. The Morgan fingerprint density at radius 1 is 1.00 bits per heavy atom. The summed E-state index contributed by atoms with van der Waals surface area (Å²) < 4.78 is 0. The van der Waals surface area contributed by atoms with Crippen LogP contribution in [0.1, 0.15) is 30.5 Å². The van der Waals surface area contributed by atoms with Gasteiger partial charge in [-0.15, -0.1) is 0 Å². The number of rotatable bonds is 8. The number of thiocarbonyl (C=S) groups is 1. The molecular formula is C25H32N4OS. The van der Waals surface area contributed by atoms with Gasteiger partial charge in [-0.2, -0.15) is 0 Å². The van der Waals surface area contributed by atoms with Gasteiger partial charge in [-0.3, -0.25) is 4.79 Å². The number of likely N-dealkylation sites (N-methyl/N-ethyl adjacent to an activating group) is 1. The van der Waals surface area contributed by atoms with Gasteiger partial charge >= 0.3 is 0 Å². The molecule has 1 aromatic heterocycles. The molecule has 6 heteroatoms. The average molecular weight is 437 g/mol. The van der Waals surface area contributed by atoms with Gasteiger partial charge < -0.3 is 20.1 Å². The van der Waals surface area contributed by atoms with Crippen LogP contribution in [0.5, 0.6) is 0 Å². The molecule has 164 valence electrons. The molecule has 0 atom stereocenters. The molecule has 5 nitrogen and oxygen atoms in total. The Balaban J connectivity index is 1.89. The number of pyridine rings is 1. The van der Waals surface area contributed by atoms with Crippen molar-refractivity contribution in [1.82, 2.24) is 14.8 Å². The number of para-hydroxylation sites is 1. The van der Waals surface area contributed by atoms with Crippen LogP contribution < -0.4 is 10.9 Å². The molecule has 3 rings (SSSR count). The van der Waals surface area contributed by atoms with Crippen molar-refractivity contribution in [3.05, 3.63) is 75.6 Å². The molecule has 0 spiro atoms. The summed E-state index contributed by atoms with van der Waals surface area (Å²) in [6.07, 6.45) is 1.89. The van der Waals surface area contributed by atoms with E-state index >= 15 is 0 Å². The summed E-state index contributed by atoms with van der Waals surface area (Å²) in [5.74, 6) is 0. The third-order valence-electron chi connectivity index (χ3n) is 5.50. The highest BCUT2D eigenvalue weighted by molar-refractivity contribution is 7.80. The number of fused-ring (bicyclic) bond motifs is 1. The molecule has 0 amide bonds. The molecule has 0 unspecified atom stereocenters. The standard InChI is InChI=1S/C25H32N4OS/c1-5-18-11-12-23-20(15-18)16-21(24(30)26-23)17-29(14-13-28(3)4)25(31)27-22-10-8-7-9-19(22)6-2/h7-12,15-16H,5-6,13-14,17H2,1-4H3,(H,26,30)(H,27,31). The summed E-state index contributed by atoms with van der Waals surface area (Å²) in [6.45, 7) is 6.28. The van der Waals surface area contributed by atoms with Crippen molar-refractivity contribution in [2.75, 3.05) is 32.5 Å². The highest BCUT2D eigenvalue weighted by Gasteiger charge is 2.15. The second kappa shape index (κ2) is 10.6. The van der Waals surface area contributed by atoms with Crippen molar-refractivity contribution in [2.45, 2.75) is 33.2 Å². The molecule has 0 aliphatic carbocycles. The lowest BCUT2D eigenvalue weighted by Gasteiger charge is -2.27. The van der Waals surface area contributed by atoms with E-state index in [1.165, 1.54) is 11.1 Å². The smallest absolute Gasteiger partial charge is 0.253 e. The Morgan fingerprint density at radius 3 is 2.48 bits per heavy atom. The van der Waals surface area contributed by atoms with Gasteiger partial charge in [0.15, 0.2) is 5.11 Å². The van der Waals surface area contributed by atoms with Gasteiger partial charge in [0.1, 0.15) is 0 Å². The van der Waals surface area contributed by atoms with Crippen LogP contribution in [0.25, 0.3) is 10.9 Å². The van der Waals surface area contributed by atoms with Crippen LogP contribution in [0.15, 0.2) is 53.3 Å². The summed E-state index contributed by atoms with van der Waals surface area (Å²) in [5, 5.41) is 5.09. The summed E-state index contributed by atoms with van der Waals surface area (Å²) in [6, 6.07) is 16.4. The van der Waals surface area contributed by atoms with E-state index in [1.807, 2.05) is 44.4 Å². The first-order valence-corrected chi connectivity index (χ1v) is 11.3. The van der Waals surface area contributed by atoms with Gasteiger partial charge in [0.2, 0.25) is 0 Å². The third kappa shape index (κ3) is 5.93. The van der Waals surface area contributed by atoms with Crippen molar-refractivity contribution >= 4 is 33.9 Å². The minimum absolute atomic E-state index is 0.0663. The van der Waals surface area contributed by atoms with Gasteiger partial charge in [-0.1, -0.05) is 38.1 Å². The summed E-state index contributed by atoms with van der Waals surface area (Å²) >= 11 is 5.78. The van der Waals surface area contributed by atoms with Gasteiger partial charge in [0.05, 0.1) is 6.54 Å². The zero-order valence-corrected chi connectivity index (χ0v) is 19.7. The maximum Gasteiger partial charge on any atom is 0.253 e. The normalized spacial score (nSPS) is 11.1. The second-order valence-corrected chi connectivity index (χ2v) is 8.45. The lowest BCUT2D eigenvalue weighted by Crippen LogP contribution is -2.40. The van der Waals surface area contributed by atoms with E-state index in [2.05, 4.69) is 52.1 Å². The van der Waals surface area contributed by atoms with Crippen molar-refractivity contribution in [3.8, 4) is 0 Å². The Labute approximate surface area is 190 Å². The maximum atomic E-state index is 12.8. The van der Waals surface area contributed by atoms with Crippen LogP contribution in [0.2, 0.25) is 0 Å². The average Bonchev–Trinajstić information content (AvgIpc) is 2.76. The van der Waals surface area contributed by atoms with Crippen molar-refractivity contribution < 1.29 is 0 Å². The molecule has 0 radical (unpaired) electrons. The monoisotopic (exact) mass is 436 g/mol. The van der Waals surface area contributed by atoms with E-state index in [-0.39, 0.29) is 5.56 Å². The Hall–Kier alpha value is -2.70. The molecule has 2 N–H and O–H groups in total. The molecule has 0 aliphatic rings. The maximum absolute atomic E-state index is 12.8. The molecule has 0 saturated heterocycles. The van der Waals surface area contributed by atoms with Gasteiger partial charge in [-0.05, 0) is 79.9 Å². The number of benzene rings is 2. The molecule has 1 heterocycles. The van der Waals surface area contributed by atoms with Crippen LogP contribution in [0, 0.1) is 0 Å². The zero-order valence-electron chi connectivity index (χ0n) is 18.9. The lowest BCUT2D eigenvalue weighted by molar-refractivity contribution is 0.327. The van der Waals surface area contributed by atoms with E-state index < -0.39 is 0 Å². The molecule has 31 heavy (non-hydrogen) atoms. The molecule has 0 bridgehead atoms. The van der Waals surface area contributed by atoms with Gasteiger partial charge in [-0.25, -0.2) is 0 Å². The third-order valence-corrected chi connectivity index (χ3v) is 5.86. The molecule has 0 aliphatic heterocycles. The minimum Gasteiger partial charge on any atom is -0.343 e. The minimum atomic E-state index is -0.0663. The van der Waals surface area contributed by atoms with Crippen LogP contribution in [0.4, 0.5) is 5.69 Å². The predicted octanol–water partition coefficient (Wildman–Crippen LogP) is 4.41. The summed E-state index contributed by atoms with van der Waals surface area (Å²) in [4.78, 5) is 20.0. The Bertz CT molecular complexity index is 1110. The number of aromatic amines is 1. The Morgan fingerprint density at radius 2 is 1.77 bits per heavy atom. The van der Waals surface area contributed by atoms with E-state index in [0.717, 1.165) is 42.5 Å². The number of hydrogen-bond acceptors (Lipinski definition) is 3. The van der Waals surface area contributed by atoms with E-state index in [1.54, 1.807) is 0 Å². The first-order valence-electron chi connectivity index (χ1n) is 10.8. The number of aromatic nitrogens is 1. The lowest BCUT2D eigenvalue weighted by atomic mass is 10.1. The first kappa shape index (κ1) is 23.0. The van der Waals surface area contributed by atoms with Crippen molar-refractivity contribution in [1.29, 1.82) is 0 Å². The fourth-order valence-electron chi connectivity index (χ4n) is 3.56. The molecule has 3 aromatic rings. The zero-order chi connectivity index (χ0) is 22.4. The van der Waals surface area contributed by atoms with Crippen LogP contribution in [0.3, 0.4) is 0 Å². The van der Waals surface area contributed by atoms with Crippen LogP contribution in [-0.4, -0.2) is 47.1 Å². The van der Waals surface area contributed by atoms with E-state index in [9.17, 15) is 4.79 Å². The highest BCUT2D eigenvalue weighted by Crippen LogP contribution is 2.18. The number of H-pyrrole nitrogens is 1. The fourth-order valence-corrected chi connectivity index (χ4v) is 3.83. The predicted molar refractivity (Wildman–Crippen MR) is 135 cm³/mol. The van der Waals surface area contributed by atoms with E-state index in [0.29, 0.717) is 17.2 Å². The molecule has 0 saturated carbocycles. The number of anilines is 1. The summed E-state index contributed by atoms with van der Waals surface area (Å²) in [5.41, 5.74) is 5.00. The van der Waals surface area contributed by atoms with Crippen molar-refractivity contribution in [3.63, 3.8) is 0 Å². The topological polar surface area (TPSA) is 51.4 Å². The van der Waals surface area contributed by atoms with E-state index in [4.69, 9.17) is 12.2 Å². The molecule has 0 fully saturated rings. The number of hydrogen-bond donors (Lipinski definition) is 2. The highest BCUT2D eigenvalue weighted by atomic mass is 32.1. The number of aryl methyl sites for hydroxylation is 2. The molecular weight excluding hydrogens is 404 g/mol. The fraction of sp³-hybridized carbons (Fsp3) is 0.360. The number of nitrogens with zero attached hydrogens (tertiary/aromatic N) is 2. The van der Waals surface area contributed by atoms with Crippen molar-refractivity contribution in [2.24, 2.45) is 0 Å². The summed E-state index contributed by atoms with van der Waals surface area (Å²) in [7, 11) is 4.08. The number of nitrogens with one attached hydrogen (secondary N) is 2. The second-order valence-electron chi connectivity index (χ2n) is 8.06. The quantitative estimate of drug-likeness (QED) is 0.512. The van der Waals surface area contributed by atoms with Crippen LogP contribution in [-0.2, 0) is 19.4 Å². The first-order chi connectivity index (χ1) is 14.9.